The number of benzene rings is 1. The van der Waals surface area contributed by atoms with E-state index in [-0.39, 0.29) is 36.0 Å². The second kappa shape index (κ2) is 10.1. The van der Waals surface area contributed by atoms with Gasteiger partial charge in [0.25, 0.3) is 5.56 Å². The zero-order valence-electron chi connectivity index (χ0n) is 19.5. The van der Waals surface area contributed by atoms with E-state index in [1.165, 1.54) is 36.7 Å². The van der Waals surface area contributed by atoms with Gasteiger partial charge in [0.05, 0.1) is 23.7 Å². The third-order valence-electron chi connectivity index (χ3n) is 7.28. The number of piperidine rings is 1. The van der Waals surface area contributed by atoms with Crippen molar-refractivity contribution in [2.75, 3.05) is 11.9 Å². The number of nitrogens with zero attached hydrogens (tertiary/aromatic N) is 2. The Labute approximate surface area is 198 Å². The molecule has 1 aromatic heterocycles. The van der Waals surface area contributed by atoms with Crippen LogP contribution in [0.2, 0.25) is 0 Å². The molecular weight excluding hydrogens is 434 g/mol. The molecule has 3 unspecified atom stereocenters. The molecule has 5 rings (SSSR count). The Morgan fingerprint density at radius 2 is 2.00 bits per heavy atom. The van der Waals surface area contributed by atoms with Crippen LogP contribution in [0, 0.1) is 5.92 Å². The lowest BCUT2D eigenvalue weighted by Gasteiger charge is -2.40. The fourth-order valence-corrected chi connectivity index (χ4v) is 5.47. The number of carbonyl (C=O) groups is 2. The van der Waals surface area contributed by atoms with Crippen molar-refractivity contribution in [3.8, 4) is 5.75 Å². The zero-order valence-corrected chi connectivity index (χ0v) is 19.5. The Bertz CT molecular complexity index is 1130. The Kier molecular flexibility index (Phi) is 6.80. The number of carbonyl (C=O) groups excluding carboxylic acids is 2. The number of hydrogen-bond acceptors (Lipinski definition) is 6. The van der Waals surface area contributed by atoms with Gasteiger partial charge in [0, 0.05) is 18.5 Å². The maximum atomic E-state index is 12.5. The van der Waals surface area contributed by atoms with E-state index in [0.717, 1.165) is 31.6 Å². The average molecular weight is 468 g/mol. The number of rotatable bonds is 8. The first kappa shape index (κ1) is 22.8. The van der Waals surface area contributed by atoms with Gasteiger partial charge in [0.1, 0.15) is 12.3 Å². The molecule has 0 bridgehead atoms. The van der Waals surface area contributed by atoms with E-state index >= 15 is 0 Å². The molecule has 1 aliphatic carbocycles. The van der Waals surface area contributed by atoms with Crippen LogP contribution in [-0.2, 0) is 16.1 Å². The van der Waals surface area contributed by atoms with Gasteiger partial charge in [-0.2, -0.15) is 0 Å². The molecule has 1 saturated heterocycles. The molecule has 1 aromatic carbocycles. The van der Waals surface area contributed by atoms with E-state index in [0.29, 0.717) is 35.7 Å². The number of fused-ring (bicyclic) bond motifs is 3. The second-order valence-corrected chi connectivity index (χ2v) is 9.73. The summed E-state index contributed by atoms with van der Waals surface area (Å²) in [6.07, 6.45) is 10.7. The monoisotopic (exact) mass is 467 g/mol. The van der Waals surface area contributed by atoms with E-state index in [4.69, 9.17) is 4.74 Å². The molecule has 34 heavy (non-hydrogen) atoms. The summed E-state index contributed by atoms with van der Waals surface area (Å²) in [6, 6.07) is 5.75. The van der Waals surface area contributed by atoms with Gasteiger partial charge in [0.2, 0.25) is 17.8 Å². The standard InChI is InChI=1S/C25H33N5O4/c31-22(28-21-12-9-16-6-3-4-7-19(16)26-21)8-2-1-5-13-34-17-10-11-18-20(14-17)27-25-29-23(32)15-30(25)24(18)33/h10-11,14,16,19,21,26H,1-9,12-13,15H2,(H,28,31)(H,27,29,32). The Morgan fingerprint density at radius 3 is 2.91 bits per heavy atom. The van der Waals surface area contributed by atoms with E-state index in [1.54, 1.807) is 18.2 Å². The lowest BCUT2D eigenvalue weighted by molar-refractivity contribution is -0.122. The van der Waals surface area contributed by atoms with Crippen molar-refractivity contribution in [1.29, 1.82) is 0 Å². The molecule has 2 aromatic rings. The molecule has 1 saturated carbocycles. The molecule has 3 atom stereocenters. The summed E-state index contributed by atoms with van der Waals surface area (Å²) in [5.41, 5.74) is 0.272. The molecule has 3 N–H and O–H groups in total. The maximum absolute atomic E-state index is 12.5. The summed E-state index contributed by atoms with van der Waals surface area (Å²) in [5, 5.41) is 9.88. The van der Waals surface area contributed by atoms with Crippen LogP contribution >= 0.6 is 0 Å². The largest absolute Gasteiger partial charge is 0.494 e. The van der Waals surface area contributed by atoms with Gasteiger partial charge in [0.15, 0.2) is 0 Å². The van der Waals surface area contributed by atoms with Crippen LogP contribution in [0.15, 0.2) is 23.0 Å². The van der Waals surface area contributed by atoms with Crippen molar-refractivity contribution >= 4 is 28.7 Å². The van der Waals surface area contributed by atoms with Crippen molar-refractivity contribution in [3.05, 3.63) is 28.6 Å². The van der Waals surface area contributed by atoms with Crippen molar-refractivity contribution in [3.63, 3.8) is 0 Å². The minimum atomic E-state index is -0.238. The number of nitrogens with one attached hydrogen (secondary N) is 3. The van der Waals surface area contributed by atoms with E-state index in [1.807, 2.05) is 0 Å². The van der Waals surface area contributed by atoms with Gasteiger partial charge in [-0.25, -0.2) is 4.98 Å². The van der Waals surface area contributed by atoms with Crippen molar-refractivity contribution < 1.29 is 14.3 Å². The van der Waals surface area contributed by atoms with Gasteiger partial charge < -0.3 is 10.1 Å². The quantitative estimate of drug-likeness (QED) is 0.515. The van der Waals surface area contributed by atoms with Crippen LogP contribution in [-0.4, -0.2) is 40.2 Å². The summed E-state index contributed by atoms with van der Waals surface area (Å²) in [7, 11) is 0. The van der Waals surface area contributed by atoms with Crippen LogP contribution in [0.1, 0.15) is 64.2 Å². The topological polar surface area (TPSA) is 114 Å². The lowest BCUT2D eigenvalue weighted by atomic mass is 9.79. The summed E-state index contributed by atoms with van der Waals surface area (Å²) >= 11 is 0. The minimum Gasteiger partial charge on any atom is -0.494 e. The number of ether oxygens (including phenoxy) is 1. The Hall–Kier alpha value is -2.94. The molecule has 3 aliphatic rings. The second-order valence-electron chi connectivity index (χ2n) is 9.73. The van der Waals surface area contributed by atoms with Crippen LogP contribution in [0.25, 0.3) is 10.9 Å². The van der Waals surface area contributed by atoms with Crippen molar-refractivity contribution in [1.82, 2.24) is 20.2 Å². The average Bonchev–Trinajstić information content (AvgIpc) is 3.21. The first-order valence-corrected chi connectivity index (χ1v) is 12.6. The predicted molar refractivity (Wildman–Crippen MR) is 129 cm³/mol. The molecular formula is C25H33N5O4. The first-order valence-electron chi connectivity index (χ1n) is 12.6. The van der Waals surface area contributed by atoms with Crippen LogP contribution in [0.3, 0.4) is 0 Å². The number of amides is 2. The van der Waals surface area contributed by atoms with Crippen molar-refractivity contribution in [2.24, 2.45) is 5.92 Å². The fourth-order valence-electron chi connectivity index (χ4n) is 5.47. The number of hydrogen-bond donors (Lipinski definition) is 3. The van der Waals surface area contributed by atoms with Crippen molar-refractivity contribution in [2.45, 2.75) is 83.0 Å². The zero-order chi connectivity index (χ0) is 23.5. The normalized spacial score (nSPS) is 23.8. The van der Waals surface area contributed by atoms with Gasteiger partial charge in [-0.3, -0.25) is 29.6 Å². The number of anilines is 1. The van der Waals surface area contributed by atoms with Gasteiger partial charge in [-0.05, 0) is 63.0 Å². The van der Waals surface area contributed by atoms with Crippen LogP contribution < -0.4 is 26.2 Å². The molecule has 2 aliphatic heterocycles. The highest BCUT2D eigenvalue weighted by Crippen LogP contribution is 2.31. The van der Waals surface area contributed by atoms with Gasteiger partial charge in [-0.15, -0.1) is 0 Å². The number of aromatic nitrogens is 2. The van der Waals surface area contributed by atoms with Crippen LogP contribution in [0.4, 0.5) is 5.95 Å². The summed E-state index contributed by atoms with van der Waals surface area (Å²) in [4.78, 5) is 40.8. The molecule has 0 radical (unpaired) electrons. The fraction of sp³-hybridized carbons (Fsp3) is 0.600. The highest BCUT2D eigenvalue weighted by molar-refractivity contribution is 5.94. The van der Waals surface area contributed by atoms with Crippen LogP contribution in [0.5, 0.6) is 5.75 Å². The molecule has 182 valence electrons. The molecule has 9 nitrogen and oxygen atoms in total. The lowest BCUT2D eigenvalue weighted by Crippen LogP contribution is -2.56. The Balaban J connectivity index is 1.02. The number of unbranched alkanes of at least 4 members (excludes halogenated alkanes) is 2. The summed E-state index contributed by atoms with van der Waals surface area (Å²) in [5.74, 6) is 1.59. The van der Waals surface area contributed by atoms with Gasteiger partial charge >= 0.3 is 0 Å². The van der Waals surface area contributed by atoms with E-state index in [2.05, 4.69) is 20.9 Å². The third-order valence-corrected chi connectivity index (χ3v) is 7.28. The smallest absolute Gasteiger partial charge is 0.263 e. The Morgan fingerprint density at radius 1 is 1.12 bits per heavy atom. The minimum absolute atomic E-state index is 0.00549. The molecule has 3 heterocycles. The molecule has 2 fully saturated rings. The molecule has 2 amide bonds. The summed E-state index contributed by atoms with van der Waals surface area (Å²) in [6.45, 7) is 0.534. The summed E-state index contributed by atoms with van der Waals surface area (Å²) < 4.78 is 7.17. The van der Waals surface area contributed by atoms with Gasteiger partial charge in [-0.1, -0.05) is 12.8 Å². The van der Waals surface area contributed by atoms with E-state index in [9.17, 15) is 14.4 Å². The molecule has 0 spiro atoms. The first-order chi connectivity index (χ1) is 16.6. The van der Waals surface area contributed by atoms with E-state index < -0.39 is 0 Å². The maximum Gasteiger partial charge on any atom is 0.263 e. The SMILES string of the molecule is O=C1Cn2c(nc3cc(OCCCCCC(=O)NC4CCC5CCCCC5N4)ccc3c2=O)N1. The third kappa shape index (κ3) is 5.09. The predicted octanol–water partition coefficient (Wildman–Crippen LogP) is 2.67. The molecule has 9 heteroatoms. The highest BCUT2D eigenvalue weighted by Gasteiger charge is 2.31. The highest BCUT2D eigenvalue weighted by atomic mass is 16.5.